The molecule has 0 aliphatic carbocycles. The predicted molar refractivity (Wildman–Crippen MR) is 128 cm³/mol. The van der Waals surface area contributed by atoms with Gasteiger partial charge in [-0.25, -0.2) is 9.37 Å². The lowest BCUT2D eigenvalue weighted by Crippen LogP contribution is -2.25. The van der Waals surface area contributed by atoms with E-state index in [-0.39, 0.29) is 11.7 Å². The Morgan fingerprint density at radius 1 is 1.00 bits per heavy atom. The molecule has 0 aliphatic heterocycles. The molecular weight excluding hydrogens is 417 g/mol. The first-order valence-corrected chi connectivity index (χ1v) is 11.2. The smallest absolute Gasteiger partial charge is 0.251 e. The van der Waals surface area contributed by atoms with Gasteiger partial charge in [-0.05, 0) is 67.8 Å². The van der Waals surface area contributed by atoms with Gasteiger partial charge < -0.3 is 14.6 Å². The molecule has 33 heavy (non-hydrogen) atoms. The van der Waals surface area contributed by atoms with E-state index in [0.717, 1.165) is 46.6 Å². The number of benzene rings is 3. The van der Waals surface area contributed by atoms with E-state index < -0.39 is 0 Å². The molecule has 0 unspecified atom stereocenters. The number of halogens is 1. The summed E-state index contributed by atoms with van der Waals surface area (Å²) in [4.78, 5) is 17.0. The molecule has 0 saturated heterocycles. The van der Waals surface area contributed by atoms with Crippen LogP contribution < -0.4 is 10.1 Å². The molecule has 1 aromatic heterocycles. The second-order valence-electron chi connectivity index (χ2n) is 8.10. The van der Waals surface area contributed by atoms with Gasteiger partial charge in [0.15, 0.2) is 0 Å². The third-order valence-electron chi connectivity index (χ3n) is 5.67. The summed E-state index contributed by atoms with van der Waals surface area (Å²) >= 11 is 0. The lowest BCUT2D eigenvalue weighted by atomic mass is 10.1. The average molecular weight is 446 g/mol. The van der Waals surface area contributed by atoms with Crippen LogP contribution in [0, 0.1) is 19.7 Å². The first kappa shape index (κ1) is 22.5. The zero-order chi connectivity index (χ0) is 23.2. The third-order valence-corrected chi connectivity index (χ3v) is 5.67. The Morgan fingerprint density at radius 2 is 1.73 bits per heavy atom. The quantitative estimate of drug-likeness (QED) is 0.359. The number of aromatic nitrogens is 2. The second-order valence-corrected chi connectivity index (χ2v) is 8.10. The lowest BCUT2D eigenvalue weighted by Gasteiger charge is -2.14. The number of imidazole rings is 1. The maximum atomic E-state index is 13.0. The topological polar surface area (TPSA) is 56.1 Å². The summed E-state index contributed by atoms with van der Waals surface area (Å²) in [5, 5.41) is 2.90. The minimum Gasteiger partial charge on any atom is -0.491 e. The molecule has 4 rings (SSSR count). The Hall–Kier alpha value is -3.67. The van der Waals surface area contributed by atoms with Crippen molar-refractivity contribution in [1.29, 1.82) is 0 Å². The molecule has 0 saturated carbocycles. The molecular formula is C27H28FN3O2. The molecule has 0 aliphatic rings. The normalized spacial score (nSPS) is 11.0. The number of amides is 1. The molecule has 0 radical (unpaired) electrons. The number of carbonyl (C=O) groups is 1. The first-order valence-electron chi connectivity index (χ1n) is 11.2. The predicted octanol–water partition coefficient (Wildman–Crippen LogP) is 5.23. The lowest BCUT2D eigenvalue weighted by molar-refractivity contribution is 0.0953. The summed E-state index contributed by atoms with van der Waals surface area (Å²) in [5.74, 6) is 1.35. The van der Waals surface area contributed by atoms with E-state index in [1.807, 2.05) is 24.3 Å². The minimum absolute atomic E-state index is 0.203. The highest BCUT2D eigenvalue weighted by molar-refractivity contribution is 5.94. The standard InChI is InChI=1S/C27H28FN3O2/c1-19-7-5-8-20(2)26(19)33-18-17-31-24-10-4-3-9-23(24)30-25(31)11-6-16-29-27(32)21-12-14-22(28)15-13-21/h3-5,7-10,12-15H,6,11,16-18H2,1-2H3,(H,29,32). The Morgan fingerprint density at radius 3 is 2.48 bits per heavy atom. The highest BCUT2D eigenvalue weighted by atomic mass is 19.1. The van der Waals surface area contributed by atoms with E-state index in [9.17, 15) is 9.18 Å². The van der Waals surface area contributed by atoms with Gasteiger partial charge in [-0.2, -0.15) is 0 Å². The van der Waals surface area contributed by atoms with E-state index in [1.165, 1.54) is 24.3 Å². The molecule has 170 valence electrons. The van der Waals surface area contributed by atoms with Gasteiger partial charge in [-0.15, -0.1) is 0 Å². The van der Waals surface area contributed by atoms with Crippen LogP contribution in [0.4, 0.5) is 4.39 Å². The summed E-state index contributed by atoms with van der Waals surface area (Å²) in [6.07, 6.45) is 1.47. The van der Waals surface area contributed by atoms with Gasteiger partial charge in [0, 0.05) is 18.5 Å². The second kappa shape index (κ2) is 10.3. The summed E-state index contributed by atoms with van der Waals surface area (Å²) in [7, 11) is 0. The van der Waals surface area contributed by atoms with Gasteiger partial charge in [0.25, 0.3) is 5.91 Å². The number of nitrogens with zero attached hydrogens (tertiary/aromatic N) is 2. The fourth-order valence-electron chi connectivity index (χ4n) is 3.98. The molecule has 4 aromatic rings. The van der Waals surface area contributed by atoms with E-state index >= 15 is 0 Å². The van der Waals surface area contributed by atoms with Gasteiger partial charge in [0.1, 0.15) is 24.0 Å². The van der Waals surface area contributed by atoms with Gasteiger partial charge in [0.2, 0.25) is 0 Å². The fourth-order valence-corrected chi connectivity index (χ4v) is 3.98. The SMILES string of the molecule is Cc1cccc(C)c1OCCn1c(CCCNC(=O)c2ccc(F)cc2)nc2ccccc21. The zero-order valence-corrected chi connectivity index (χ0v) is 19.0. The number of rotatable bonds is 9. The largest absolute Gasteiger partial charge is 0.491 e. The number of para-hydroxylation sites is 3. The molecule has 0 bridgehead atoms. The van der Waals surface area contributed by atoms with Crippen molar-refractivity contribution in [2.24, 2.45) is 0 Å². The maximum Gasteiger partial charge on any atom is 0.251 e. The van der Waals surface area contributed by atoms with Crippen LogP contribution in [0.5, 0.6) is 5.75 Å². The Kier molecular flexibility index (Phi) is 7.03. The summed E-state index contributed by atoms with van der Waals surface area (Å²) in [6, 6.07) is 19.8. The van der Waals surface area contributed by atoms with Crippen LogP contribution in [0.2, 0.25) is 0 Å². The first-order chi connectivity index (χ1) is 16.0. The van der Waals surface area contributed by atoms with Gasteiger partial charge >= 0.3 is 0 Å². The highest BCUT2D eigenvalue weighted by Crippen LogP contribution is 2.23. The van der Waals surface area contributed by atoms with Crippen molar-refractivity contribution in [3.63, 3.8) is 0 Å². The molecule has 1 heterocycles. The van der Waals surface area contributed by atoms with E-state index in [1.54, 1.807) is 0 Å². The zero-order valence-electron chi connectivity index (χ0n) is 19.0. The summed E-state index contributed by atoms with van der Waals surface area (Å²) in [5.41, 5.74) is 4.74. The molecule has 0 atom stereocenters. The molecule has 0 fully saturated rings. The van der Waals surface area contributed by atoms with Crippen molar-refractivity contribution < 1.29 is 13.9 Å². The number of aryl methyl sites for hydroxylation is 3. The molecule has 1 amide bonds. The van der Waals surface area contributed by atoms with E-state index in [0.29, 0.717) is 25.3 Å². The van der Waals surface area contributed by atoms with Crippen LogP contribution in [0.1, 0.15) is 33.7 Å². The van der Waals surface area contributed by atoms with Crippen molar-refractivity contribution >= 4 is 16.9 Å². The number of hydrogen-bond acceptors (Lipinski definition) is 3. The number of fused-ring (bicyclic) bond motifs is 1. The summed E-state index contributed by atoms with van der Waals surface area (Å²) < 4.78 is 21.4. The van der Waals surface area contributed by atoms with Crippen molar-refractivity contribution in [3.05, 3.63) is 95.1 Å². The van der Waals surface area contributed by atoms with Crippen molar-refractivity contribution in [2.75, 3.05) is 13.2 Å². The average Bonchev–Trinajstić information content (AvgIpc) is 3.16. The number of nitrogens with one attached hydrogen (secondary N) is 1. The molecule has 5 nitrogen and oxygen atoms in total. The van der Waals surface area contributed by atoms with Crippen LogP contribution in [-0.4, -0.2) is 28.6 Å². The molecule has 1 N–H and O–H groups in total. The summed E-state index contributed by atoms with van der Waals surface area (Å²) in [6.45, 7) is 5.85. The van der Waals surface area contributed by atoms with Crippen LogP contribution in [-0.2, 0) is 13.0 Å². The Balaban J connectivity index is 1.38. The minimum atomic E-state index is -0.355. The van der Waals surface area contributed by atoms with Gasteiger partial charge in [0.05, 0.1) is 17.6 Å². The van der Waals surface area contributed by atoms with Gasteiger partial charge in [-0.1, -0.05) is 30.3 Å². The van der Waals surface area contributed by atoms with Crippen LogP contribution in [0.15, 0.2) is 66.7 Å². The third kappa shape index (κ3) is 5.40. The fraction of sp³-hybridized carbons (Fsp3) is 0.259. The van der Waals surface area contributed by atoms with Crippen LogP contribution >= 0.6 is 0 Å². The molecule has 0 spiro atoms. The number of carbonyl (C=O) groups excluding carboxylic acids is 1. The van der Waals surface area contributed by atoms with E-state index in [4.69, 9.17) is 9.72 Å². The molecule has 3 aromatic carbocycles. The van der Waals surface area contributed by atoms with Crippen molar-refractivity contribution in [2.45, 2.75) is 33.2 Å². The maximum absolute atomic E-state index is 13.0. The van der Waals surface area contributed by atoms with Crippen LogP contribution in [0.25, 0.3) is 11.0 Å². The Labute approximate surface area is 193 Å². The molecule has 6 heteroatoms. The van der Waals surface area contributed by atoms with Crippen molar-refractivity contribution in [3.8, 4) is 5.75 Å². The van der Waals surface area contributed by atoms with Crippen LogP contribution in [0.3, 0.4) is 0 Å². The Bertz CT molecular complexity index is 1230. The van der Waals surface area contributed by atoms with Gasteiger partial charge in [-0.3, -0.25) is 4.79 Å². The van der Waals surface area contributed by atoms with E-state index in [2.05, 4.69) is 41.9 Å². The highest BCUT2D eigenvalue weighted by Gasteiger charge is 2.12. The monoisotopic (exact) mass is 445 g/mol. The number of hydrogen-bond donors (Lipinski definition) is 1. The van der Waals surface area contributed by atoms with Crippen molar-refractivity contribution in [1.82, 2.24) is 14.9 Å². The number of ether oxygens (including phenoxy) is 1.